The molecule has 0 spiro atoms. The van der Waals surface area contributed by atoms with Crippen molar-refractivity contribution in [3.05, 3.63) is 60.2 Å². The quantitative estimate of drug-likeness (QED) is 0.760. The smallest absolute Gasteiger partial charge is 0.371 e. The molecular formula is C15H12N2O3. The van der Waals surface area contributed by atoms with Crippen LogP contribution in [-0.2, 0) is 6.54 Å². The second-order valence-electron chi connectivity index (χ2n) is 4.34. The number of pyridine rings is 1. The summed E-state index contributed by atoms with van der Waals surface area (Å²) in [6, 6.07) is 12.8. The van der Waals surface area contributed by atoms with E-state index in [1.165, 1.54) is 6.07 Å². The number of furan rings is 1. The van der Waals surface area contributed by atoms with Gasteiger partial charge in [0.15, 0.2) is 0 Å². The summed E-state index contributed by atoms with van der Waals surface area (Å²) in [4.78, 5) is 15.0. The molecule has 0 aliphatic carbocycles. The van der Waals surface area contributed by atoms with E-state index in [2.05, 4.69) is 10.3 Å². The highest BCUT2D eigenvalue weighted by Gasteiger charge is 2.08. The van der Waals surface area contributed by atoms with E-state index in [0.717, 1.165) is 16.6 Å². The predicted molar refractivity (Wildman–Crippen MR) is 74.7 cm³/mol. The van der Waals surface area contributed by atoms with Crippen molar-refractivity contribution in [2.75, 3.05) is 5.32 Å². The van der Waals surface area contributed by atoms with Crippen LogP contribution in [0.2, 0.25) is 0 Å². The van der Waals surface area contributed by atoms with E-state index in [1.807, 2.05) is 30.3 Å². The normalized spacial score (nSPS) is 10.6. The lowest BCUT2D eigenvalue weighted by molar-refractivity contribution is 0.0660. The number of aromatic carboxylic acids is 1. The lowest BCUT2D eigenvalue weighted by atomic mass is 10.2. The molecule has 2 aromatic heterocycles. The van der Waals surface area contributed by atoms with E-state index in [0.29, 0.717) is 12.3 Å². The number of anilines is 1. The van der Waals surface area contributed by atoms with Crippen LogP contribution in [0.1, 0.15) is 16.3 Å². The minimum absolute atomic E-state index is 0.0514. The zero-order valence-electron chi connectivity index (χ0n) is 10.5. The number of fused-ring (bicyclic) bond motifs is 1. The highest BCUT2D eigenvalue weighted by molar-refractivity contribution is 5.84. The van der Waals surface area contributed by atoms with Gasteiger partial charge in [0.25, 0.3) is 0 Å². The fourth-order valence-corrected chi connectivity index (χ4v) is 1.96. The third-order valence-electron chi connectivity index (χ3n) is 2.94. The molecule has 0 saturated heterocycles. The topological polar surface area (TPSA) is 75.4 Å². The van der Waals surface area contributed by atoms with E-state index in [4.69, 9.17) is 9.52 Å². The first-order valence-corrected chi connectivity index (χ1v) is 6.13. The Labute approximate surface area is 114 Å². The van der Waals surface area contributed by atoms with Gasteiger partial charge in [-0.2, -0.15) is 0 Å². The lowest BCUT2D eigenvalue weighted by Crippen LogP contribution is -1.98. The van der Waals surface area contributed by atoms with Gasteiger partial charge < -0.3 is 14.8 Å². The molecule has 0 bridgehead atoms. The summed E-state index contributed by atoms with van der Waals surface area (Å²) in [6.45, 7) is 0.430. The maximum absolute atomic E-state index is 10.7. The monoisotopic (exact) mass is 268 g/mol. The molecule has 5 nitrogen and oxygen atoms in total. The minimum Gasteiger partial charge on any atom is -0.475 e. The van der Waals surface area contributed by atoms with Gasteiger partial charge in [-0.15, -0.1) is 0 Å². The zero-order valence-corrected chi connectivity index (χ0v) is 10.5. The van der Waals surface area contributed by atoms with E-state index < -0.39 is 5.97 Å². The average Bonchev–Trinajstić information content (AvgIpc) is 2.94. The SMILES string of the molecule is O=C(O)c1ccc(CNc2ccc3ncccc3c2)o1. The van der Waals surface area contributed by atoms with Gasteiger partial charge >= 0.3 is 5.97 Å². The Balaban J connectivity index is 1.74. The third kappa shape index (κ3) is 2.47. The molecular weight excluding hydrogens is 256 g/mol. The van der Waals surface area contributed by atoms with Crippen molar-refractivity contribution in [2.24, 2.45) is 0 Å². The maximum atomic E-state index is 10.7. The van der Waals surface area contributed by atoms with Gasteiger partial charge in [0.2, 0.25) is 5.76 Å². The van der Waals surface area contributed by atoms with E-state index in [-0.39, 0.29) is 5.76 Å². The number of hydrogen-bond acceptors (Lipinski definition) is 4. The summed E-state index contributed by atoms with van der Waals surface area (Å²) in [5.74, 6) is -0.536. The van der Waals surface area contributed by atoms with Crippen molar-refractivity contribution in [3.8, 4) is 0 Å². The molecule has 5 heteroatoms. The summed E-state index contributed by atoms with van der Waals surface area (Å²) >= 11 is 0. The second-order valence-corrected chi connectivity index (χ2v) is 4.34. The second kappa shape index (κ2) is 5.05. The molecule has 0 radical (unpaired) electrons. The predicted octanol–water partition coefficient (Wildman–Crippen LogP) is 3.14. The Morgan fingerprint density at radius 2 is 2.15 bits per heavy atom. The van der Waals surface area contributed by atoms with Crippen molar-refractivity contribution in [3.63, 3.8) is 0 Å². The molecule has 0 aliphatic rings. The molecule has 0 atom stereocenters. The molecule has 0 amide bonds. The molecule has 100 valence electrons. The number of benzene rings is 1. The molecule has 0 aliphatic heterocycles. The molecule has 0 fully saturated rings. The first kappa shape index (κ1) is 12.2. The fourth-order valence-electron chi connectivity index (χ4n) is 1.96. The number of carboxylic acid groups (broad SMARTS) is 1. The third-order valence-corrected chi connectivity index (χ3v) is 2.94. The first-order chi connectivity index (χ1) is 9.72. The number of rotatable bonds is 4. The van der Waals surface area contributed by atoms with Gasteiger partial charge in [0.1, 0.15) is 5.76 Å². The number of carboxylic acids is 1. The van der Waals surface area contributed by atoms with Crippen LogP contribution in [0.3, 0.4) is 0 Å². The van der Waals surface area contributed by atoms with Crippen LogP contribution in [0.25, 0.3) is 10.9 Å². The van der Waals surface area contributed by atoms with Crippen molar-refractivity contribution >= 4 is 22.6 Å². The van der Waals surface area contributed by atoms with Crippen LogP contribution < -0.4 is 5.32 Å². The number of aromatic nitrogens is 1. The molecule has 1 aromatic carbocycles. The van der Waals surface area contributed by atoms with Crippen LogP contribution >= 0.6 is 0 Å². The highest BCUT2D eigenvalue weighted by Crippen LogP contribution is 2.18. The van der Waals surface area contributed by atoms with Crippen LogP contribution in [0, 0.1) is 0 Å². The summed E-state index contributed by atoms with van der Waals surface area (Å²) in [7, 11) is 0. The molecule has 3 aromatic rings. The Bertz CT molecular complexity index is 764. The zero-order chi connectivity index (χ0) is 13.9. The number of nitrogens with one attached hydrogen (secondary N) is 1. The molecule has 3 rings (SSSR count). The van der Waals surface area contributed by atoms with Crippen LogP contribution in [-0.4, -0.2) is 16.1 Å². The standard InChI is InChI=1S/C15H12N2O3/c18-15(19)14-6-4-12(20-14)9-17-11-3-5-13-10(8-11)2-1-7-16-13/h1-8,17H,9H2,(H,18,19). The summed E-state index contributed by atoms with van der Waals surface area (Å²) in [5.41, 5.74) is 1.86. The first-order valence-electron chi connectivity index (χ1n) is 6.13. The molecule has 20 heavy (non-hydrogen) atoms. The van der Waals surface area contributed by atoms with Gasteiger partial charge in [0.05, 0.1) is 12.1 Å². The highest BCUT2D eigenvalue weighted by atomic mass is 16.4. The Kier molecular flexibility index (Phi) is 3.09. The van der Waals surface area contributed by atoms with E-state index >= 15 is 0 Å². The van der Waals surface area contributed by atoms with Gasteiger partial charge in [0, 0.05) is 17.3 Å². The van der Waals surface area contributed by atoms with Crippen molar-refractivity contribution < 1.29 is 14.3 Å². The average molecular weight is 268 g/mol. The molecule has 2 N–H and O–H groups in total. The van der Waals surface area contributed by atoms with Crippen molar-refractivity contribution in [1.29, 1.82) is 0 Å². The minimum atomic E-state index is -1.06. The maximum Gasteiger partial charge on any atom is 0.371 e. The Hall–Kier alpha value is -2.82. The molecule has 0 saturated carbocycles. The van der Waals surface area contributed by atoms with Crippen molar-refractivity contribution in [2.45, 2.75) is 6.54 Å². The number of carbonyl (C=O) groups is 1. The van der Waals surface area contributed by atoms with Crippen molar-refractivity contribution in [1.82, 2.24) is 4.98 Å². The van der Waals surface area contributed by atoms with Gasteiger partial charge in [-0.25, -0.2) is 4.79 Å². The summed E-state index contributed by atoms with van der Waals surface area (Å²) in [5, 5.41) is 13.0. The lowest BCUT2D eigenvalue weighted by Gasteiger charge is -2.05. The molecule has 2 heterocycles. The Morgan fingerprint density at radius 1 is 1.25 bits per heavy atom. The van der Waals surface area contributed by atoms with Gasteiger partial charge in [-0.3, -0.25) is 4.98 Å². The largest absolute Gasteiger partial charge is 0.475 e. The summed E-state index contributed by atoms with van der Waals surface area (Å²) < 4.78 is 5.18. The van der Waals surface area contributed by atoms with E-state index in [9.17, 15) is 4.79 Å². The van der Waals surface area contributed by atoms with Gasteiger partial charge in [-0.1, -0.05) is 6.07 Å². The van der Waals surface area contributed by atoms with Gasteiger partial charge in [-0.05, 0) is 36.4 Å². The Morgan fingerprint density at radius 3 is 2.95 bits per heavy atom. The number of hydrogen-bond donors (Lipinski definition) is 2. The summed E-state index contributed by atoms with van der Waals surface area (Å²) in [6.07, 6.45) is 1.76. The number of nitrogens with zero attached hydrogens (tertiary/aromatic N) is 1. The van der Waals surface area contributed by atoms with Crippen LogP contribution in [0.5, 0.6) is 0 Å². The fraction of sp³-hybridized carbons (Fsp3) is 0.0667. The van der Waals surface area contributed by atoms with E-state index in [1.54, 1.807) is 12.3 Å². The van der Waals surface area contributed by atoms with Crippen LogP contribution in [0.15, 0.2) is 53.1 Å². The molecule has 0 unspecified atom stereocenters. The van der Waals surface area contributed by atoms with Crippen LogP contribution in [0.4, 0.5) is 5.69 Å².